The normalized spacial score (nSPS) is 14.7. The molecule has 10 nitrogen and oxygen atoms in total. The van der Waals surface area contributed by atoms with Crippen LogP contribution in [0.5, 0.6) is 0 Å². The van der Waals surface area contributed by atoms with Crippen molar-refractivity contribution in [3.8, 4) is 28.1 Å². The van der Waals surface area contributed by atoms with Gasteiger partial charge in [0, 0.05) is 28.4 Å². The molecule has 0 fully saturated rings. The number of nitrogens with zero attached hydrogens (tertiary/aromatic N) is 6. The summed E-state index contributed by atoms with van der Waals surface area (Å²) in [5.74, 6) is -0.285. The Kier molecular flexibility index (Phi) is 5.93. The van der Waals surface area contributed by atoms with Gasteiger partial charge in [0.05, 0.1) is 23.6 Å². The molecule has 0 aliphatic carbocycles. The molecule has 0 saturated carbocycles. The SMILES string of the molecule is O=C(O)/C=C/c1ccc(-c2cnc([C@@H]3CCc4cc(-c5cc(Cl)ccc5-n5cnnn5)cc(=O)n43)[nH]2)cc1. The molecule has 6 rings (SSSR count). The van der Waals surface area contributed by atoms with Crippen molar-refractivity contribution in [2.45, 2.75) is 18.9 Å². The van der Waals surface area contributed by atoms with Crippen molar-refractivity contribution >= 4 is 23.6 Å². The predicted octanol–water partition coefficient (Wildman–Crippen LogP) is 4.17. The van der Waals surface area contributed by atoms with Gasteiger partial charge in [-0.05, 0) is 70.3 Å². The first-order valence-corrected chi connectivity index (χ1v) is 12.2. The minimum atomic E-state index is -0.994. The van der Waals surface area contributed by atoms with Crippen LogP contribution in [0.1, 0.15) is 29.5 Å². The molecule has 4 heterocycles. The number of carboxylic acid groups (broad SMARTS) is 1. The Morgan fingerprint density at radius 3 is 2.71 bits per heavy atom. The van der Waals surface area contributed by atoms with Gasteiger partial charge in [0.1, 0.15) is 12.2 Å². The maximum absolute atomic E-state index is 13.4. The van der Waals surface area contributed by atoms with Crippen molar-refractivity contribution in [2.75, 3.05) is 0 Å². The topological polar surface area (TPSA) is 132 Å². The molecule has 0 amide bonds. The highest BCUT2D eigenvalue weighted by atomic mass is 35.5. The first-order chi connectivity index (χ1) is 18.5. The van der Waals surface area contributed by atoms with Crippen LogP contribution in [0, 0.1) is 0 Å². The average Bonchev–Trinajstić information content (AvgIpc) is 3.68. The Morgan fingerprint density at radius 2 is 1.95 bits per heavy atom. The lowest BCUT2D eigenvalue weighted by atomic mass is 10.0. The van der Waals surface area contributed by atoms with Crippen LogP contribution in [0.15, 0.2) is 78.0 Å². The summed E-state index contributed by atoms with van der Waals surface area (Å²) in [6.45, 7) is 0. The van der Waals surface area contributed by atoms with Crippen LogP contribution in [-0.2, 0) is 11.2 Å². The highest BCUT2D eigenvalue weighted by Crippen LogP contribution is 2.34. The van der Waals surface area contributed by atoms with Gasteiger partial charge < -0.3 is 14.7 Å². The van der Waals surface area contributed by atoms with Crippen LogP contribution in [0.3, 0.4) is 0 Å². The molecule has 0 unspecified atom stereocenters. The highest BCUT2D eigenvalue weighted by Gasteiger charge is 2.28. The zero-order valence-electron chi connectivity index (χ0n) is 19.8. The van der Waals surface area contributed by atoms with Crippen LogP contribution in [0.2, 0.25) is 5.02 Å². The predicted molar refractivity (Wildman–Crippen MR) is 141 cm³/mol. The maximum Gasteiger partial charge on any atom is 0.328 e. The quantitative estimate of drug-likeness (QED) is 0.318. The van der Waals surface area contributed by atoms with E-state index in [9.17, 15) is 9.59 Å². The van der Waals surface area contributed by atoms with Gasteiger partial charge in [-0.3, -0.25) is 4.79 Å². The molecule has 2 aromatic carbocycles. The van der Waals surface area contributed by atoms with E-state index in [1.165, 1.54) is 12.4 Å². The largest absolute Gasteiger partial charge is 0.478 e. The molecule has 5 aromatic rings. The fourth-order valence-corrected chi connectivity index (χ4v) is 4.99. The second-order valence-electron chi connectivity index (χ2n) is 8.89. The molecule has 1 aliphatic heterocycles. The summed E-state index contributed by atoms with van der Waals surface area (Å²) < 4.78 is 3.33. The maximum atomic E-state index is 13.4. The first kappa shape index (κ1) is 23.6. The van der Waals surface area contributed by atoms with E-state index >= 15 is 0 Å². The van der Waals surface area contributed by atoms with Crippen molar-refractivity contribution in [3.05, 3.63) is 106 Å². The Balaban J connectivity index is 1.31. The number of hydrogen-bond acceptors (Lipinski definition) is 6. The van der Waals surface area contributed by atoms with Crippen LogP contribution in [0.25, 0.3) is 34.1 Å². The van der Waals surface area contributed by atoms with Gasteiger partial charge in [-0.15, -0.1) is 5.10 Å². The minimum Gasteiger partial charge on any atom is -0.478 e. The van der Waals surface area contributed by atoms with Gasteiger partial charge in [-0.1, -0.05) is 35.9 Å². The number of H-pyrrole nitrogens is 1. The molecule has 0 bridgehead atoms. The minimum absolute atomic E-state index is 0.129. The Morgan fingerprint density at radius 1 is 1.11 bits per heavy atom. The number of imidazole rings is 1. The van der Waals surface area contributed by atoms with E-state index in [1.807, 2.05) is 36.4 Å². The van der Waals surface area contributed by atoms with E-state index in [1.54, 1.807) is 33.6 Å². The Labute approximate surface area is 220 Å². The third-order valence-electron chi connectivity index (χ3n) is 6.55. The fraction of sp³-hybridized carbons (Fsp3) is 0.111. The van der Waals surface area contributed by atoms with E-state index in [0.717, 1.165) is 58.2 Å². The number of pyridine rings is 1. The summed E-state index contributed by atoms with van der Waals surface area (Å²) in [5.41, 5.74) is 5.51. The number of nitrogens with one attached hydrogen (secondary N) is 1. The molecule has 0 radical (unpaired) electrons. The molecule has 2 N–H and O–H groups in total. The summed E-state index contributed by atoms with van der Waals surface area (Å²) in [4.78, 5) is 32.1. The monoisotopic (exact) mass is 525 g/mol. The van der Waals surface area contributed by atoms with Crippen molar-refractivity contribution < 1.29 is 9.90 Å². The average molecular weight is 526 g/mol. The van der Waals surface area contributed by atoms with E-state index in [4.69, 9.17) is 16.7 Å². The number of fused-ring (bicyclic) bond motifs is 1. The van der Waals surface area contributed by atoms with Gasteiger partial charge in [0.25, 0.3) is 5.56 Å². The zero-order chi connectivity index (χ0) is 26.2. The van der Waals surface area contributed by atoms with E-state index < -0.39 is 5.97 Å². The lowest BCUT2D eigenvalue weighted by molar-refractivity contribution is -0.131. The summed E-state index contributed by atoms with van der Waals surface area (Å²) >= 11 is 6.29. The molecule has 38 heavy (non-hydrogen) atoms. The highest BCUT2D eigenvalue weighted by molar-refractivity contribution is 6.31. The lowest BCUT2D eigenvalue weighted by Crippen LogP contribution is -2.23. The number of aromatic amines is 1. The van der Waals surface area contributed by atoms with Crippen molar-refractivity contribution in [3.63, 3.8) is 0 Å². The molecule has 0 spiro atoms. The number of tetrazole rings is 1. The van der Waals surface area contributed by atoms with Crippen molar-refractivity contribution in [1.29, 1.82) is 0 Å². The second-order valence-corrected chi connectivity index (χ2v) is 9.33. The third kappa shape index (κ3) is 4.41. The molecule has 0 saturated heterocycles. The molecule has 188 valence electrons. The summed E-state index contributed by atoms with van der Waals surface area (Å²) in [6.07, 6.45) is 7.34. The number of hydrogen-bond donors (Lipinski definition) is 2. The second kappa shape index (κ2) is 9.56. The molecule has 1 atom stereocenters. The lowest BCUT2D eigenvalue weighted by Gasteiger charge is -2.15. The number of carbonyl (C=O) groups is 1. The van der Waals surface area contributed by atoms with Crippen LogP contribution >= 0.6 is 11.6 Å². The third-order valence-corrected chi connectivity index (χ3v) is 6.79. The van der Waals surface area contributed by atoms with Gasteiger partial charge >= 0.3 is 5.97 Å². The molecular formula is C27H20ClN7O3. The van der Waals surface area contributed by atoms with Crippen molar-refractivity contribution in [1.82, 2.24) is 34.7 Å². The van der Waals surface area contributed by atoms with E-state index in [-0.39, 0.29) is 11.6 Å². The Bertz CT molecular complexity index is 1740. The summed E-state index contributed by atoms with van der Waals surface area (Å²) in [6, 6.07) is 16.3. The number of halogens is 1. The van der Waals surface area contributed by atoms with Crippen LogP contribution in [-0.4, -0.2) is 45.8 Å². The smallest absolute Gasteiger partial charge is 0.328 e. The van der Waals surface area contributed by atoms with Crippen LogP contribution in [0.4, 0.5) is 0 Å². The summed E-state index contributed by atoms with van der Waals surface area (Å²) in [7, 11) is 0. The Hall–Kier alpha value is -4.83. The first-order valence-electron chi connectivity index (χ1n) is 11.8. The molecule has 11 heteroatoms. The molecular weight excluding hydrogens is 506 g/mol. The number of aryl methyl sites for hydroxylation is 1. The molecule has 1 aliphatic rings. The van der Waals surface area contributed by atoms with Crippen LogP contribution < -0.4 is 5.56 Å². The summed E-state index contributed by atoms with van der Waals surface area (Å²) in [5, 5.41) is 20.8. The number of aliphatic carboxylic acids is 1. The number of carboxylic acids is 1. The fourth-order valence-electron chi connectivity index (χ4n) is 4.81. The van der Waals surface area contributed by atoms with Crippen molar-refractivity contribution in [2.24, 2.45) is 0 Å². The number of benzene rings is 2. The van der Waals surface area contributed by atoms with E-state index in [2.05, 4.69) is 25.5 Å². The van der Waals surface area contributed by atoms with Gasteiger partial charge in [-0.25, -0.2) is 9.78 Å². The zero-order valence-corrected chi connectivity index (χ0v) is 20.6. The van der Waals surface area contributed by atoms with Gasteiger partial charge in [-0.2, -0.15) is 4.68 Å². The van der Waals surface area contributed by atoms with E-state index in [0.29, 0.717) is 10.8 Å². The molecule has 3 aromatic heterocycles. The standard InChI is InChI=1S/C27H20ClN7O3/c28-19-6-8-23(34-15-30-32-33-34)21(13-19)18-11-20-7-9-24(35(20)25(36)12-18)27-29-14-22(31-27)17-4-1-16(2-5-17)3-10-26(37)38/h1-6,8,10-15,24H,7,9H2,(H,29,31)(H,37,38)/b10-3+/t24-/m0/s1. The number of rotatable bonds is 6. The van der Waals surface area contributed by atoms with Gasteiger partial charge in [0.2, 0.25) is 0 Å². The number of aromatic nitrogens is 7. The van der Waals surface area contributed by atoms with Gasteiger partial charge in [0.15, 0.2) is 0 Å².